The molecule has 5 N–H and O–H groups in total. The maximum absolute atomic E-state index is 12.9. The third kappa shape index (κ3) is 5.67. The summed E-state index contributed by atoms with van der Waals surface area (Å²) in [6.45, 7) is 6.25. The van der Waals surface area contributed by atoms with E-state index in [1.54, 1.807) is 28.9 Å². The van der Waals surface area contributed by atoms with Crippen LogP contribution < -0.4 is 16.4 Å². The molecule has 0 bridgehead atoms. The lowest BCUT2D eigenvalue weighted by Crippen LogP contribution is -2.19. The number of amides is 2. The van der Waals surface area contributed by atoms with Gasteiger partial charge in [-0.2, -0.15) is 18.3 Å². The van der Waals surface area contributed by atoms with Crippen molar-refractivity contribution in [2.45, 2.75) is 38.9 Å². The number of anilines is 3. The van der Waals surface area contributed by atoms with E-state index in [1.165, 1.54) is 12.1 Å². The van der Waals surface area contributed by atoms with Crippen LogP contribution in [0.25, 0.3) is 22.2 Å². The van der Waals surface area contributed by atoms with E-state index >= 15 is 0 Å². The van der Waals surface area contributed by atoms with Gasteiger partial charge >= 0.3 is 12.2 Å². The van der Waals surface area contributed by atoms with E-state index in [0.717, 1.165) is 29.0 Å². The maximum Gasteiger partial charge on any atom is 0.416 e. The Hall–Kier alpha value is -4.12. The summed E-state index contributed by atoms with van der Waals surface area (Å²) in [7, 11) is 0. The van der Waals surface area contributed by atoms with Gasteiger partial charge in [0.2, 0.25) is 0 Å². The van der Waals surface area contributed by atoms with Gasteiger partial charge in [-0.3, -0.25) is 0 Å². The molecule has 0 saturated carbocycles. The summed E-state index contributed by atoms with van der Waals surface area (Å²) in [5.74, 6) is 0.286. The number of aliphatic hydroxyl groups is 1. The Balaban J connectivity index is 1.61. The fraction of sp³-hybridized carbons (Fsp3) is 0.269. The molecule has 37 heavy (non-hydrogen) atoms. The molecule has 0 aliphatic heterocycles. The quantitative estimate of drug-likeness (QED) is 0.276. The van der Waals surface area contributed by atoms with Gasteiger partial charge in [0.1, 0.15) is 0 Å². The highest BCUT2D eigenvalue weighted by molar-refractivity contribution is 6.02. The fourth-order valence-electron chi connectivity index (χ4n) is 3.86. The zero-order chi connectivity index (χ0) is 27.0. The second kappa shape index (κ2) is 9.74. The summed E-state index contributed by atoms with van der Waals surface area (Å²) in [4.78, 5) is 17.1. The van der Waals surface area contributed by atoms with E-state index in [0.29, 0.717) is 16.7 Å². The number of carbonyl (C=O) groups excluding carboxylic acids is 1. The Morgan fingerprint density at radius 3 is 2.32 bits per heavy atom. The highest BCUT2D eigenvalue weighted by atomic mass is 19.4. The number of nitrogens with two attached hydrogens (primary N) is 1. The minimum Gasteiger partial charge on any atom is -0.394 e. The average Bonchev–Trinajstić information content (AvgIpc) is 3.13. The molecule has 0 fully saturated rings. The van der Waals surface area contributed by atoms with Crippen molar-refractivity contribution in [1.82, 2.24) is 14.8 Å². The molecule has 0 aliphatic carbocycles. The Labute approximate surface area is 211 Å². The highest BCUT2D eigenvalue weighted by Gasteiger charge is 2.30. The number of pyridine rings is 1. The number of urea groups is 1. The molecule has 2 heterocycles. The molecule has 0 aliphatic rings. The smallest absolute Gasteiger partial charge is 0.394 e. The van der Waals surface area contributed by atoms with E-state index in [4.69, 9.17) is 10.7 Å². The van der Waals surface area contributed by atoms with Gasteiger partial charge in [0.25, 0.3) is 0 Å². The summed E-state index contributed by atoms with van der Waals surface area (Å²) in [5, 5.41) is 19.5. The van der Waals surface area contributed by atoms with Gasteiger partial charge in [-0.05, 0) is 47.5 Å². The lowest BCUT2D eigenvalue weighted by atomic mass is 9.89. The summed E-state index contributed by atoms with van der Waals surface area (Å²) in [5.41, 5.74) is 8.55. The number of nitrogen functional groups attached to an aromatic ring is 1. The zero-order valence-electron chi connectivity index (χ0n) is 20.5. The van der Waals surface area contributed by atoms with Crippen molar-refractivity contribution >= 4 is 34.3 Å². The molecule has 2 aromatic heterocycles. The molecule has 194 valence electrons. The number of hydrogen-bond acceptors (Lipinski definition) is 5. The van der Waals surface area contributed by atoms with Crippen LogP contribution in [0, 0.1) is 0 Å². The predicted octanol–water partition coefficient (Wildman–Crippen LogP) is 5.63. The Kier molecular flexibility index (Phi) is 6.83. The van der Waals surface area contributed by atoms with Crippen molar-refractivity contribution < 1.29 is 23.1 Å². The summed E-state index contributed by atoms with van der Waals surface area (Å²) in [6.07, 6.45) is -4.51. The normalized spacial score (nSPS) is 12.1. The number of rotatable bonds is 5. The molecule has 2 aromatic carbocycles. The largest absolute Gasteiger partial charge is 0.416 e. The third-order valence-electron chi connectivity index (χ3n) is 5.71. The molecule has 0 spiro atoms. The van der Waals surface area contributed by atoms with E-state index in [-0.39, 0.29) is 30.1 Å². The number of alkyl halides is 3. The number of aliphatic hydroxyl groups excluding tert-OH is 1. The number of nitrogens with one attached hydrogen (secondary N) is 2. The Morgan fingerprint density at radius 1 is 1.03 bits per heavy atom. The first kappa shape index (κ1) is 26.0. The van der Waals surface area contributed by atoms with Crippen molar-refractivity contribution in [2.75, 3.05) is 23.0 Å². The van der Waals surface area contributed by atoms with Gasteiger partial charge in [0, 0.05) is 22.5 Å². The number of carbonyl (C=O) groups is 1. The molecular weight excluding hydrogens is 485 g/mol. The van der Waals surface area contributed by atoms with Crippen LogP contribution in [0.15, 0.2) is 54.6 Å². The van der Waals surface area contributed by atoms with Crippen LogP contribution in [0.1, 0.15) is 32.0 Å². The van der Waals surface area contributed by atoms with E-state index < -0.39 is 17.8 Å². The molecule has 0 radical (unpaired) electrons. The molecule has 11 heteroatoms. The number of benzene rings is 2. The lowest BCUT2D eigenvalue weighted by Gasteiger charge is -2.19. The van der Waals surface area contributed by atoms with Crippen LogP contribution in [0.2, 0.25) is 0 Å². The van der Waals surface area contributed by atoms with Crippen LogP contribution in [-0.2, 0) is 18.1 Å². The Bertz CT molecular complexity index is 1440. The van der Waals surface area contributed by atoms with E-state index in [9.17, 15) is 23.1 Å². The number of nitrogens with zero attached hydrogens (tertiary/aromatic N) is 3. The topological polar surface area (TPSA) is 118 Å². The Morgan fingerprint density at radius 2 is 1.70 bits per heavy atom. The lowest BCUT2D eigenvalue weighted by molar-refractivity contribution is -0.137. The molecule has 0 saturated heterocycles. The number of hydrogen-bond donors (Lipinski definition) is 4. The number of aromatic nitrogens is 3. The molecule has 4 rings (SSSR count). The first-order valence-electron chi connectivity index (χ1n) is 11.5. The molecule has 8 nitrogen and oxygen atoms in total. The molecule has 0 atom stereocenters. The van der Waals surface area contributed by atoms with Gasteiger partial charge in [-0.15, -0.1) is 0 Å². The minimum atomic E-state index is -4.51. The van der Waals surface area contributed by atoms with Crippen molar-refractivity contribution in [3.05, 3.63) is 65.9 Å². The average molecular weight is 513 g/mol. The van der Waals surface area contributed by atoms with Gasteiger partial charge < -0.3 is 21.5 Å². The maximum atomic E-state index is 12.9. The van der Waals surface area contributed by atoms with Crippen molar-refractivity contribution in [1.29, 1.82) is 0 Å². The van der Waals surface area contributed by atoms with Crippen LogP contribution in [-0.4, -0.2) is 32.5 Å². The minimum absolute atomic E-state index is 0.0215. The van der Waals surface area contributed by atoms with Crippen LogP contribution >= 0.6 is 0 Å². The SMILES string of the molecule is CC(C)(C)c1cc(-c2ccc(NC(=O)Nc3cccc(C(F)(F)F)c3)cc2)c2c(N)nn(CCO)c2n1. The third-order valence-corrected chi connectivity index (χ3v) is 5.71. The standard InChI is InChI=1S/C26H27F3N6O2/c1-25(2,3)20-14-19(21-22(30)34-35(11-12-36)23(21)33-20)15-7-9-17(10-8-15)31-24(37)32-18-6-4-5-16(13-18)26(27,28)29/h4-10,13-14,36H,11-12H2,1-3H3,(H2,30,34)(H2,31,32,37). The monoisotopic (exact) mass is 512 g/mol. The van der Waals surface area contributed by atoms with Crippen LogP contribution in [0.5, 0.6) is 0 Å². The summed E-state index contributed by atoms with van der Waals surface area (Å²) >= 11 is 0. The first-order valence-corrected chi connectivity index (χ1v) is 11.5. The van der Waals surface area contributed by atoms with Gasteiger partial charge in [-0.25, -0.2) is 14.5 Å². The van der Waals surface area contributed by atoms with E-state index in [1.807, 2.05) is 26.8 Å². The number of fused-ring (bicyclic) bond motifs is 1. The van der Waals surface area contributed by atoms with E-state index in [2.05, 4.69) is 15.7 Å². The van der Waals surface area contributed by atoms with Crippen molar-refractivity contribution in [2.24, 2.45) is 0 Å². The molecule has 0 unspecified atom stereocenters. The predicted molar refractivity (Wildman–Crippen MR) is 137 cm³/mol. The van der Waals surface area contributed by atoms with Crippen molar-refractivity contribution in [3.8, 4) is 11.1 Å². The summed E-state index contributed by atoms with van der Waals surface area (Å²) < 4.78 is 40.4. The second-order valence-corrected chi connectivity index (χ2v) is 9.57. The molecule has 2 amide bonds. The second-order valence-electron chi connectivity index (χ2n) is 9.57. The zero-order valence-corrected chi connectivity index (χ0v) is 20.5. The van der Waals surface area contributed by atoms with Gasteiger partial charge in [0.05, 0.1) is 24.1 Å². The molecular formula is C26H27F3N6O2. The highest BCUT2D eigenvalue weighted by Crippen LogP contribution is 2.36. The van der Waals surface area contributed by atoms with Crippen molar-refractivity contribution in [3.63, 3.8) is 0 Å². The fourth-order valence-corrected chi connectivity index (χ4v) is 3.86. The van der Waals surface area contributed by atoms with Gasteiger partial charge in [0.15, 0.2) is 11.5 Å². The van der Waals surface area contributed by atoms with Gasteiger partial charge in [-0.1, -0.05) is 39.0 Å². The first-order chi connectivity index (χ1) is 17.4. The number of halogens is 3. The summed E-state index contributed by atoms with van der Waals surface area (Å²) in [6, 6.07) is 12.6. The van der Waals surface area contributed by atoms with Crippen LogP contribution in [0.3, 0.4) is 0 Å². The molecule has 4 aromatic rings. The van der Waals surface area contributed by atoms with Crippen LogP contribution in [0.4, 0.5) is 35.2 Å².